The summed E-state index contributed by atoms with van der Waals surface area (Å²) in [5, 5.41) is 16.5. The maximum atomic E-state index is 12.4. The fourth-order valence-electron chi connectivity index (χ4n) is 2.57. The predicted molar refractivity (Wildman–Crippen MR) is 111 cm³/mol. The van der Waals surface area contributed by atoms with Crippen LogP contribution >= 0.6 is 23.1 Å². The standard InChI is InChI=1S/C19H15N5O2S2/c25-16(11-24-17(26)15-9-5-4-8-14(15)10-20-24)21-18-22-23-19(28-18)27-12-13-6-2-1-3-7-13/h1-10H,11-12H2,(H,21,22,25). The lowest BCUT2D eigenvalue weighted by atomic mass is 10.2. The normalized spacial score (nSPS) is 10.9. The van der Waals surface area contributed by atoms with Crippen molar-refractivity contribution in [3.05, 3.63) is 76.7 Å². The smallest absolute Gasteiger partial charge is 0.275 e. The summed E-state index contributed by atoms with van der Waals surface area (Å²) in [6.45, 7) is -0.185. The third-order valence-electron chi connectivity index (χ3n) is 3.91. The molecule has 4 aromatic rings. The molecule has 0 aliphatic carbocycles. The van der Waals surface area contributed by atoms with E-state index in [2.05, 4.69) is 20.6 Å². The quantitative estimate of drug-likeness (QED) is 0.389. The van der Waals surface area contributed by atoms with Gasteiger partial charge >= 0.3 is 0 Å². The van der Waals surface area contributed by atoms with Gasteiger partial charge in [-0.1, -0.05) is 71.6 Å². The maximum absolute atomic E-state index is 12.4. The molecule has 0 fully saturated rings. The first-order chi connectivity index (χ1) is 13.7. The van der Waals surface area contributed by atoms with Gasteiger partial charge in [0.05, 0.1) is 11.6 Å². The first-order valence-electron chi connectivity index (χ1n) is 8.44. The highest BCUT2D eigenvalue weighted by Gasteiger charge is 2.12. The van der Waals surface area contributed by atoms with E-state index in [-0.39, 0.29) is 18.0 Å². The van der Waals surface area contributed by atoms with Gasteiger partial charge in [-0.15, -0.1) is 10.2 Å². The molecule has 0 aliphatic heterocycles. The van der Waals surface area contributed by atoms with Gasteiger partial charge < -0.3 is 0 Å². The number of hydrogen-bond donors (Lipinski definition) is 1. The number of carbonyl (C=O) groups is 1. The Bertz CT molecular complexity index is 1170. The van der Waals surface area contributed by atoms with Gasteiger partial charge in [-0.25, -0.2) is 4.68 Å². The summed E-state index contributed by atoms with van der Waals surface area (Å²) < 4.78 is 1.91. The Labute approximate surface area is 168 Å². The van der Waals surface area contributed by atoms with E-state index in [0.717, 1.165) is 20.2 Å². The van der Waals surface area contributed by atoms with E-state index in [0.29, 0.717) is 10.5 Å². The number of nitrogens with zero attached hydrogens (tertiary/aromatic N) is 4. The number of carbonyl (C=O) groups excluding carboxylic acids is 1. The van der Waals surface area contributed by atoms with E-state index in [1.165, 1.54) is 16.9 Å². The van der Waals surface area contributed by atoms with Crippen LogP contribution in [0.3, 0.4) is 0 Å². The van der Waals surface area contributed by atoms with Crippen molar-refractivity contribution >= 4 is 44.9 Å². The summed E-state index contributed by atoms with van der Waals surface area (Å²) >= 11 is 2.85. The molecule has 9 heteroatoms. The van der Waals surface area contributed by atoms with Gasteiger partial charge in [0, 0.05) is 11.1 Å². The molecule has 140 valence electrons. The van der Waals surface area contributed by atoms with Crippen LogP contribution in [0.2, 0.25) is 0 Å². The van der Waals surface area contributed by atoms with E-state index in [1.54, 1.807) is 30.1 Å². The average molecular weight is 409 g/mol. The molecule has 1 N–H and O–H groups in total. The average Bonchev–Trinajstić information content (AvgIpc) is 3.17. The van der Waals surface area contributed by atoms with Gasteiger partial charge in [0.15, 0.2) is 4.34 Å². The lowest BCUT2D eigenvalue weighted by molar-refractivity contribution is -0.117. The highest BCUT2D eigenvalue weighted by Crippen LogP contribution is 2.28. The molecule has 7 nitrogen and oxygen atoms in total. The molecule has 0 spiro atoms. The van der Waals surface area contributed by atoms with Crippen LogP contribution in [0.4, 0.5) is 5.13 Å². The van der Waals surface area contributed by atoms with Crippen LogP contribution in [0.5, 0.6) is 0 Å². The van der Waals surface area contributed by atoms with Gasteiger partial charge in [-0.3, -0.25) is 14.9 Å². The summed E-state index contributed by atoms with van der Waals surface area (Å²) in [6.07, 6.45) is 1.58. The summed E-state index contributed by atoms with van der Waals surface area (Å²) in [4.78, 5) is 24.7. The summed E-state index contributed by atoms with van der Waals surface area (Å²) in [5.41, 5.74) is 0.889. The van der Waals surface area contributed by atoms with E-state index < -0.39 is 0 Å². The minimum absolute atomic E-state index is 0.185. The molecule has 0 saturated heterocycles. The number of aromatic nitrogens is 4. The van der Waals surface area contributed by atoms with Gasteiger partial charge in [-0.2, -0.15) is 5.10 Å². The van der Waals surface area contributed by atoms with Gasteiger partial charge in [0.2, 0.25) is 11.0 Å². The maximum Gasteiger partial charge on any atom is 0.275 e. The van der Waals surface area contributed by atoms with Crippen LogP contribution in [0.25, 0.3) is 10.8 Å². The summed E-state index contributed by atoms with van der Waals surface area (Å²) in [5.74, 6) is 0.403. The lowest BCUT2D eigenvalue weighted by Crippen LogP contribution is -2.29. The Hall–Kier alpha value is -3.04. The molecule has 0 saturated carbocycles. The van der Waals surface area contributed by atoms with Crippen LogP contribution in [-0.2, 0) is 17.1 Å². The van der Waals surface area contributed by atoms with Crippen molar-refractivity contribution in [1.29, 1.82) is 0 Å². The zero-order valence-corrected chi connectivity index (χ0v) is 16.2. The van der Waals surface area contributed by atoms with Crippen molar-refractivity contribution in [2.75, 3.05) is 5.32 Å². The Morgan fingerprint density at radius 3 is 2.71 bits per heavy atom. The van der Waals surface area contributed by atoms with Crippen LogP contribution in [0, 0.1) is 0 Å². The summed E-state index contributed by atoms with van der Waals surface area (Å²) in [6, 6.07) is 17.2. The van der Waals surface area contributed by atoms with Crippen molar-refractivity contribution in [3.8, 4) is 0 Å². The van der Waals surface area contributed by atoms with Crippen LogP contribution in [0.1, 0.15) is 5.56 Å². The minimum atomic E-state index is -0.374. The van der Waals surface area contributed by atoms with Crippen molar-refractivity contribution in [2.45, 2.75) is 16.6 Å². The number of thioether (sulfide) groups is 1. The van der Waals surface area contributed by atoms with Crippen LogP contribution < -0.4 is 10.9 Å². The lowest BCUT2D eigenvalue weighted by Gasteiger charge is -2.05. The third kappa shape index (κ3) is 4.26. The number of hydrogen-bond acceptors (Lipinski definition) is 7. The zero-order valence-electron chi connectivity index (χ0n) is 14.6. The molecule has 0 atom stereocenters. The first kappa shape index (κ1) is 18.3. The SMILES string of the molecule is O=C(Cn1ncc2ccccc2c1=O)Nc1nnc(SCc2ccccc2)s1. The molecule has 0 aliphatic rings. The van der Waals surface area contributed by atoms with Gasteiger partial charge in [-0.05, 0) is 11.6 Å². The highest BCUT2D eigenvalue weighted by atomic mass is 32.2. The van der Waals surface area contributed by atoms with Gasteiger partial charge in [0.1, 0.15) is 6.54 Å². The van der Waals surface area contributed by atoms with E-state index in [1.807, 2.05) is 42.5 Å². The molecule has 28 heavy (non-hydrogen) atoms. The highest BCUT2D eigenvalue weighted by molar-refractivity contribution is 8.00. The summed E-state index contributed by atoms with van der Waals surface area (Å²) in [7, 11) is 0. The van der Waals surface area contributed by atoms with Gasteiger partial charge in [0.25, 0.3) is 5.56 Å². The van der Waals surface area contributed by atoms with E-state index in [9.17, 15) is 9.59 Å². The number of amides is 1. The number of nitrogens with one attached hydrogen (secondary N) is 1. The molecule has 0 unspecified atom stereocenters. The van der Waals surface area contributed by atoms with E-state index >= 15 is 0 Å². The molecular formula is C19H15N5O2S2. The van der Waals surface area contributed by atoms with Crippen LogP contribution in [-0.4, -0.2) is 25.9 Å². The van der Waals surface area contributed by atoms with Crippen LogP contribution in [0.15, 0.2) is 69.9 Å². The third-order valence-corrected chi connectivity index (χ3v) is 5.96. The second-order valence-corrected chi connectivity index (χ2v) is 8.09. The topological polar surface area (TPSA) is 89.8 Å². The predicted octanol–water partition coefficient (Wildman–Crippen LogP) is 3.18. The Morgan fingerprint density at radius 1 is 1.07 bits per heavy atom. The first-order valence-corrected chi connectivity index (χ1v) is 10.2. The Balaban J connectivity index is 1.39. The molecule has 2 aromatic carbocycles. The Morgan fingerprint density at radius 2 is 1.86 bits per heavy atom. The fraction of sp³-hybridized carbons (Fsp3) is 0.105. The molecule has 2 heterocycles. The zero-order chi connectivity index (χ0) is 19.3. The van der Waals surface area contributed by atoms with Crippen molar-refractivity contribution < 1.29 is 4.79 Å². The minimum Gasteiger partial charge on any atom is -0.299 e. The largest absolute Gasteiger partial charge is 0.299 e. The number of rotatable bonds is 6. The number of benzene rings is 2. The fourth-order valence-corrected chi connectivity index (χ4v) is 4.30. The molecule has 0 radical (unpaired) electrons. The molecular weight excluding hydrogens is 394 g/mol. The second-order valence-electron chi connectivity index (χ2n) is 5.89. The monoisotopic (exact) mass is 409 g/mol. The molecule has 2 aromatic heterocycles. The van der Waals surface area contributed by atoms with Crippen molar-refractivity contribution in [3.63, 3.8) is 0 Å². The number of fused-ring (bicyclic) bond motifs is 1. The van der Waals surface area contributed by atoms with Crippen molar-refractivity contribution in [2.24, 2.45) is 0 Å². The number of anilines is 1. The Kier molecular flexibility index (Phi) is 5.45. The molecule has 4 rings (SSSR count). The molecule has 0 bridgehead atoms. The van der Waals surface area contributed by atoms with Crippen molar-refractivity contribution in [1.82, 2.24) is 20.0 Å². The van der Waals surface area contributed by atoms with E-state index in [4.69, 9.17) is 0 Å². The second kappa shape index (κ2) is 8.32. The molecule has 1 amide bonds.